The van der Waals surface area contributed by atoms with E-state index in [-0.39, 0.29) is 5.75 Å². The van der Waals surface area contributed by atoms with Crippen LogP contribution in [0.5, 0.6) is 0 Å². The smallest absolute Gasteiger partial charge is 0.209 e. The topological polar surface area (TPSA) is 84.1 Å². The number of carbonyl (C=O) groups is 1. The van der Waals surface area contributed by atoms with Gasteiger partial charge in [-0.1, -0.05) is 11.8 Å². The molecule has 0 bridgehead atoms. The number of aromatic nitrogens is 4. The Bertz CT molecular complexity index is 330. The lowest BCUT2D eigenvalue weighted by Crippen LogP contribution is -2.20. The predicted octanol–water partition coefficient (Wildman–Crippen LogP) is -1.11. The van der Waals surface area contributed by atoms with Crippen LogP contribution < -0.4 is 0 Å². The van der Waals surface area contributed by atoms with Crippen molar-refractivity contribution in [1.29, 1.82) is 0 Å². The van der Waals surface area contributed by atoms with Gasteiger partial charge < -0.3 is 14.8 Å². The van der Waals surface area contributed by atoms with Crippen LogP contribution in [0.1, 0.15) is 0 Å². The fraction of sp³-hybridized carbons (Fsp3) is 0.750. The Labute approximate surface area is 97.8 Å². The summed E-state index contributed by atoms with van der Waals surface area (Å²) in [5.41, 5.74) is 0. The minimum Gasteiger partial charge on any atom is -0.385 e. The van der Waals surface area contributed by atoms with Crippen LogP contribution in [-0.4, -0.2) is 69.0 Å². The maximum absolute atomic E-state index is 10.2. The van der Waals surface area contributed by atoms with Crippen LogP contribution in [0.2, 0.25) is 0 Å². The molecule has 0 saturated heterocycles. The first-order valence-electron chi connectivity index (χ1n) is 4.80. The lowest BCUT2D eigenvalue weighted by atomic mass is 10.5. The predicted molar refractivity (Wildman–Crippen MR) is 59.2 cm³/mol. The quantitative estimate of drug-likeness (QED) is 0.481. The molecule has 1 aromatic heterocycles. The van der Waals surface area contributed by atoms with E-state index in [0.29, 0.717) is 18.0 Å². The molecule has 0 aliphatic rings. The largest absolute Gasteiger partial charge is 0.385 e. The molecular weight excluding hydrogens is 230 g/mol. The van der Waals surface area contributed by atoms with Crippen LogP contribution in [0.3, 0.4) is 0 Å². The molecule has 1 N–H and O–H groups in total. The third-order valence-electron chi connectivity index (χ3n) is 1.80. The van der Waals surface area contributed by atoms with Gasteiger partial charge in [0.15, 0.2) is 0 Å². The number of nitrogens with zero attached hydrogens (tertiary/aromatic N) is 5. The van der Waals surface area contributed by atoms with E-state index in [4.69, 9.17) is 5.11 Å². The minimum absolute atomic E-state index is 0.270. The monoisotopic (exact) mass is 245 g/mol. The maximum Gasteiger partial charge on any atom is 0.209 e. The molecule has 1 atom stereocenters. The summed E-state index contributed by atoms with van der Waals surface area (Å²) in [5, 5.41) is 20.9. The highest BCUT2D eigenvalue weighted by Gasteiger charge is 2.09. The standard InChI is InChI=1S/C8H15N5O2S/c1-12(2)3-4-13-8(9-10-11-13)16-6-7(15)5-14/h5,7,15H,3-4,6H2,1-2H3. The Hall–Kier alpha value is -0.990. The molecule has 0 saturated carbocycles. The summed E-state index contributed by atoms with van der Waals surface area (Å²) >= 11 is 1.27. The van der Waals surface area contributed by atoms with Crippen LogP contribution >= 0.6 is 11.8 Å². The molecule has 1 rings (SSSR count). The summed E-state index contributed by atoms with van der Waals surface area (Å²) in [6, 6.07) is 0. The number of tetrazole rings is 1. The maximum atomic E-state index is 10.2. The van der Waals surface area contributed by atoms with Gasteiger partial charge in [0.1, 0.15) is 12.4 Å². The molecule has 0 radical (unpaired) electrons. The molecule has 1 unspecified atom stereocenters. The number of rotatable bonds is 7. The van der Waals surface area contributed by atoms with E-state index in [1.165, 1.54) is 11.8 Å². The van der Waals surface area contributed by atoms with Crippen molar-refractivity contribution >= 4 is 18.0 Å². The van der Waals surface area contributed by atoms with E-state index < -0.39 is 6.10 Å². The van der Waals surface area contributed by atoms with Crippen LogP contribution in [0.25, 0.3) is 0 Å². The fourth-order valence-corrected chi connectivity index (χ4v) is 1.70. The summed E-state index contributed by atoms with van der Waals surface area (Å²) in [6.45, 7) is 1.51. The molecule has 90 valence electrons. The highest BCUT2D eigenvalue weighted by molar-refractivity contribution is 7.99. The van der Waals surface area contributed by atoms with Crippen molar-refractivity contribution in [3.63, 3.8) is 0 Å². The van der Waals surface area contributed by atoms with Crippen molar-refractivity contribution in [2.24, 2.45) is 0 Å². The average Bonchev–Trinajstić information content (AvgIpc) is 2.70. The van der Waals surface area contributed by atoms with Crippen LogP contribution in [0.15, 0.2) is 5.16 Å². The van der Waals surface area contributed by atoms with E-state index in [9.17, 15) is 4.79 Å². The minimum atomic E-state index is -0.969. The number of thioether (sulfide) groups is 1. The molecule has 8 heteroatoms. The first-order chi connectivity index (χ1) is 7.63. The van der Waals surface area contributed by atoms with Crippen molar-refractivity contribution < 1.29 is 9.90 Å². The van der Waals surface area contributed by atoms with Gasteiger partial charge in [-0.15, -0.1) is 5.10 Å². The van der Waals surface area contributed by atoms with Gasteiger partial charge >= 0.3 is 0 Å². The number of hydrogen-bond donors (Lipinski definition) is 1. The zero-order valence-corrected chi connectivity index (χ0v) is 10.1. The van der Waals surface area contributed by atoms with E-state index in [1.54, 1.807) is 4.68 Å². The molecule has 0 aliphatic heterocycles. The Morgan fingerprint density at radius 2 is 2.38 bits per heavy atom. The van der Waals surface area contributed by atoms with Gasteiger partial charge in [0, 0.05) is 12.3 Å². The number of aliphatic hydroxyl groups excluding tert-OH is 1. The van der Waals surface area contributed by atoms with Gasteiger partial charge in [-0.2, -0.15) is 0 Å². The Balaban J connectivity index is 2.46. The number of aldehydes is 1. The van der Waals surface area contributed by atoms with Crippen LogP contribution in [0.4, 0.5) is 0 Å². The summed E-state index contributed by atoms with van der Waals surface area (Å²) in [5.74, 6) is 0.270. The first-order valence-corrected chi connectivity index (χ1v) is 5.79. The van der Waals surface area contributed by atoms with Crippen molar-refractivity contribution in [3.8, 4) is 0 Å². The summed E-state index contributed by atoms with van der Waals surface area (Å²) < 4.78 is 1.65. The third kappa shape index (κ3) is 4.25. The molecule has 0 fully saturated rings. The zero-order chi connectivity index (χ0) is 12.0. The van der Waals surface area contributed by atoms with Crippen molar-refractivity contribution in [1.82, 2.24) is 25.1 Å². The van der Waals surface area contributed by atoms with Gasteiger partial charge in [-0.25, -0.2) is 4.68 Å². The zero-order valence-electron chi connectivity index (χ0n) is 9.28. The van der Waals surface area contributed by atoms with Crippen LogP contribution in [-0.2, 0) is 11.3 Å². The van der Waals surface area contributed by atoms with Crippen molar-refractivity contribution in [2.75, 3.05) is 26.4 Å². The normalized spacial score (nSPS) is 13.0. The van der Waals surface area contributed by atoms with Crippen molar-refractivity contribution in [3.05, 3.63) is 0 Å². The number of hydrogen-bond acceptors (Lipinski definition) is 7. The number of likely N-dealkylation sites (N-methyl/N-ethyl adjacent to an activating group) is 1. The molecule has 7 nitrogen and oxygen atoms in total. The summed E-state index contributed by atoms with van der Waals surface area (Å²) in [7, 11) is 3.93. The van der Waals surface area contributed by atoms with E-state index >= 15 is 0 Å². The van der Waals surface area contributed by atoms with E-state index in [0.717, 1.165) is 6.54 Å². The second-order valence-corrected chi connectivity index (χ2v) is 4.49. The Morgan fingerprint density at radius 1 is 1.62 bits per heavy atom. The molecule has 1 aromatic rings. The lowest BCUT2D eigenvalue weighted by molar-refractivity contribution is -0.113. The van der Waals surface area contributed by atoms with Gasteiger partial charge in [0.05, 0.1) is 6.54 Å². The number of aliphatic hydroxyl groups is 1. The van der Waals surface area contributed by atoms with Crippen molar-refractivity contribution in [2.45, 2.75) is 17.8 Å². The molecule has 0 aliphatic carbocycles. The highest BCUT2D eigenvalue weighted by atomic mass is 32.2. The van der Waals surface area contributed by atoms with Gasteiger partial charge in [0.2, 0.25) is 5.16 Å². The SMILES string of the molecule is CN(C)CCn1nnnc1SCC(O)C=O. The molecule has 16 heavy (non-hydrogen) atoms. The Kier molecular flexibility index (Phi) is 5.36. The van der Waals surface area contributed by atoms with E-state index in [1.807, 2.05) is 19.0 Å². The molecule has 1 heterocycles. The first kappa shape index (κ1) is 13.1. The summed E-state index contributed by atoms with van der Waals surface area (Å²) in [6.07, 6.45) is -0.468. The lowest BCUT2D eigenvalue weighted by Gasteiger charge is -2.09. The fourth-order valence-electron chi connectivity index (χ4n) is 0.934. The molecule has 0 spiro atoms. The number of carbonyl (C=O) groups excluding carboxylic acids is 1. The second kappa shape index (κ2) is 6.56. The van der Waals surface area contributed by atoms with E-state index in [2.05, 4.69) is 15.5 Å². The van der Waals surface area contributed by atoms with Gasteiger partial charge in [-0.3, -0.25) is 0 Å². The average molecular weight is 245 g/mol. The summed E-state index contributed by atoms with van der Waals surface area (Å²) in [4.78, 5) is 12.3. The molecule has 0 amide bonds. The van der Waals surface area contributed by atoms with Gasteiger partial charge in [-0.05, 0) is 24.5 Å². The highest BCUT2D eigenvalue weighted by Crippen LogP contribution is 2.13. The molecule has 0 aromatic carbocycles. The second-order valence-electron chi connectivity index (χ2n) is 3.50. The van der Waals surface area contributed by atoms with Crippen LogP contribution in [0, 0.1) is 0 Å². The Morgan fingerprint density at radius 3 is 3.00 bits per heavy atom. The third-order valence-corrected chi connectivity index (χ3v) is 2.86. The molecular formula is C8H15N5O2S. The van der Waals surface area contributed by atoms with Gasteiger partial charge in [0.25, 0.3) is 0 Å².